The summed E-state index contributed by atoms with van der Waals surface area (Å²) in [6, 6.07) is 0. The first kappa shape index (κ1) is 8.86. The lowest BCUT2D eigenvalue weighted by atomic mass is 9.92. The van der Waals surface area contributed by atoms with Crippen molar-refractivity contribution < 1.29 is 19.1 Å². The highest BCUT2D eigenvalue weighted by Crippen LogP contribution is 2.37. The van der Waals surface area contributed by atoms with Crippen LogP contribution in [0.5, 0.6) is 0 Å². The predicted octanol–water partition coefficient (Wildman–Crippen LogP) is 0.000200. The van der Waals surface area contributed by atoms with Crippen LogP contribution in [0, 0.1) is 15.5 Å². The number of hydrogen-bond donors (Lipinski definition) is 0. The van der Waals surface area contributed by atoms with E-state index < -0.39 is 17.4 Å². The van der Waals surface area contributed by atoms with Crippen molar-refractivity contribution in [2.75, 3.05) is 26.4 Å². The van der Waals surface area contributed by atoms with E-state index in [1.54, 1.807) is 0 Å². The highest BCUT2D eigenvalue weighted by atomic mass is 16.9. The molecule has 2 bridgehead atoms. The normalized spacial score (nSPS) is 43.5. The third-order valence-corrected chi connectivity index (χ3v) is 2.24. The van der Waals surface area contributed by atoms with Crippen LogP contribution in [-0.2, 0) is 14.2 Å². The molecule has 3 rings (SSSR count). The Labute approximate surface area is 74.9 Å². The van der Waals surface area contributed by atoms with Gasteiger partial charge in [0, 0.05) is 10.3 Å². The van der Waals surface area contributed by atoms with Gasteiger partial charge in [-0.2, -0.15) is 0 Å². The van der Waals surface area contributed by atoms with E-state index in [0.717, 1.165) is 0 Å². The molecule has 3 aliphatic heterocycles. The van der Waals surface area contributed by atoms with Gasteiger partial charge in [0.15, 0.2) is 0 Å². The zero-order valence-electron chi connectivity index (χ0n) is 7.32. The number of fused-ring (bicyclic) bond motifs is 3. The molecule has 0 amide bonds. The van der Waals surface area contributed by atoms with Crippen LogP contribution in [0.25, 0.3) is 0 Å². The van der Waals surface area contributed by atoms with Gasteiger partial charge in [0.1, 0.15) is 0 Å². The second-order valence-electron chi connectivity index (χ2n) is 3.85. The Morgan fingerprint density at radius 1 is 1.31 bits per heavy atom. The van der Waals surface area contributed by atoms with E-state index in [4.69, 9.17) is 14.2 Å². The number of ether oxygens (including phenoxy) is 3. The fourth-order valence-electron chi connectivity index (χ4n) is 1.40. The highest BCUT2D eigenvalue weighted by Gasteiger charge is 2.53. The van der Waals surface area contributed by atoms with Crippen LogP contribution < -0.4 is 0 Å². The third kappa shape index (κ3) is 1.52. The van der Waals surface area contributed by atoms with Crippen molar-refractivity contribution in [3.63, 3.8) is 0 Å². The van der Waals surface area contributed by atoms with Crippen LogP contribution in [0.3, 0.4) is 0 Å². The lowest BCUT2D eigenvalue weighted by Crippen LogP contribution is -2.61. The molecule has 0 spiro atoms. The molecule has 74 valence electrons. The SMILES string of the molecule is CC12COC(C[N+](=O)[O-])(OC1)OC2. The molecule has 3 heterocycles. The average molecular weight is 189 g/mol. The summed E-state index contributed by atoms with van der Waals surface area (Å²) < 4.78 is 15.6. The summed E-state index contributed by atoms with van der Waals surface area (Å²) in [4.78, 5) is 9.80. The van der Waals surface area contributed by atoms with Gasteiger partial charge in [0.2, 0.25) is 0 Å². The Kier molecular flexibility index (Phi) is 1.79. The Morgan fingerprint density at radius 3 is 2.15 bits per heavy atom. The maximum absolute atomic E-state index is 10.3. The van der Waals surface area contributed by atoms with Gasteiger partial charge in [-0.3, -0.25) is 10.1 Å². The van der Waals surface area contributed by atoms with Crippen LogP contribution >= 0.6 is 0 Å². The first-order valence-electron chi connectivity index (χ1n) is 4.07. The fourth-order valence-corrected chi connectivity index (χ4v) is 1.40. The molecule has 0 aromatic carbocycles. The van der Waals surface area contributed by atoms with Gasteiger partial charge >= 0.3 is 5.97 Å². The van der Waals surface area contributed by atoms with Gasteiger partial charge in [0.25, 0.3) is 6.54 Å². The number of nitrogens with zero attached hydrogens (tertiary/aromatic N) is 1. The van der Waals surface area contributed by atoms with Crippen molar-refractivity contribution in [2.45, 2.75) is 12.9 Å². The second kappa shape index (κ2) is 2.63. The van der Waals surface area contributed by atoms with E-state index in [9.17, 15) is 10.1 Å². The summed E-state index contributed by atoms with van der Waals surface area (Å²) in [5.74, 6) is -1.42. The minimum Gasteiger partial charge on any atom is -0.321 e. The topological polar surface area (TPSA) is 70.8 Å². The largest absolute Gasteiger partial charge is 0.351 e. The summed E-state index contributed by atoms with van der Waals surface area (Å²) >= 11 is 0. The molecule has 0 aliphatic carbocycles. The summed E-state index contributed by atoms with van der Waals surface area (Å²) in [7, 11) is 0. The molecule has 0 N–H and O–H groups in total. The lowest BCUT2D eigenvalue weighted by Gasteiger charge is -2.48. The van der Waals surface area contributed by atoms with Gasteiger partial charge in [0.05, 0.1) is 19.8 Å². The number of hydrogen-bond acceptors (Lipinski definition) is 5. The molecular formula is C7H11NO5. The minimum atomic E-state index is -1.42. The summed E-state index contributed by atoms with van der Waals surface area (Å²) in [5, 5.41) is 10.3. The third-order valence-electron chi connectivity index (χ3n) is 2.24. The summed E-state index contributed by atoms with van der Waals surface area (Å²) in [6.07, 6.45) is 0. The van der Waals surface area contributed by atoms with Crippen LogP contribution in [-0.4, -0.2) is 37.3 Å². The number of rotatable bonds is 2. The van der Waals surface area contributed by atoms with E-state index in [0.29, 0.717) is 19.8 Å². The number of nitro groups is 1. The van der Waals surface area contributed by atoms with Gasteiger partial charge < -0.3 is 14.2 Å². The molecule has 6 heteroatoms. The summed E-state index contributed by atoms with van der Waals surface area (Å²) in [6.45, 7) is 2.88. The average Bonchev–Trinajstić information content (AvgIpc) is 2.07. The van der Waals surface area contributed by atoms with E-state index in [1.807, 2.05) is 6.92 Å². The first-order chi connectivity index (χ1) is 6.04. The Balaban J connectivity index is 2.07. The molecule has 0 saturated carbocycles. The highest BCUT2D eigenvalue weighted by molar-refractivity contribution is 4.84. The first-order valence-corrected chi connectivity index (χ1v) is 4.07. The molecule has 3 saturated heterocycles. The van der Waals surface area contributed by atoms with E-state index in [2.05, 4.69) is 0 Å². The second-order valence-corrected chi connectivity index (χ2v) is 3.85. The molecule has 6 nitrogen and oxygen atoms in total. The predicted molar refractivity (Wildman–Crippen MR) is 40.6 cm³/mol. The maximum atomic E-state index is 10.3. The zero-order chi connectivity index (χ0) is 9.53. The van der Waals surface area contributed by atoms with Crippen LogP contribution in [0.2, 0.25) is 0 Å². The standard InChI is InChI=1S/C7H11NO5/c1-6-3-11-7(12-4-6,13-5-6)2-8(9)10/h2-5H2,1H3. The quantitative estimate of drug-likeness (QED) is 0.451. The van der Waals surface area contributed by atoms with Crippen LogP contribution in [0.1, 0.15) is 6.92 Å². The van der Waals surface area contributed by atoms with E-state index in [-0.39, 0.29) is 5.41 Å². The molecule has 0 aromatic rings. The van der Waals surface area contributed by atoms with Gasteiger partial charge in [-0.15, -0.1) is 0 Å². The van der Waals surface area contributed by atoms with Crippen LogP contribution in [0.15, 0.2) is 0 Å². The monoisotopic (exact) mass is 189 g/mol. The fraction of sp³-hybridized carbons (Fsp3) is 1.00. The lowest BCUT2D eigenvalue weighted by molar-refractivity contribution is -0.582. The molecule has 3 fully saturated rings. The van der Waals surface area contributed by atoms with E-state index >= 15 is 0 Å². The maximum Gasteiger partial charge on any atom is 0.351 e. The van der Waals surface area contributed by atoms with Crippen LogP contribution in [0.4, 0.5) is 0 Å². The Morgan fingerprint density at radius 2 is 1.77 bits per heavy atom. The van der Waals surface area contributed by atoms with Crippen molar-refractivity contribution in [1.82, 2.24) is 0 Å². The van der Waals surface area contributed by atoms with Crippen molar-refractivity contribution in [1.29, 1.82) is 0 Å². The molecule has 3 aliphatic rings. The molecule has 0 atom stereocenters. The van der Waals surface area contributed by atoms with Gasteiger partial charge in [-0.1, -0.05) is 6.92 Å². The van der Waals surface area contributed by atoms with Gasteiger partial charge in [-0.05, 0) is 0 Å². The molecule has 13 heavy (non-hydrogen) atoms. The van der Waals surface area contributed by atoms with E-state index in [1.165, 1.54) is 0 Å². The molecule has 0 radical (unpaired) electrons. The van der Waals surface area contributed by atoms with Crippen molar-refractivity contribution in [3.05, 3.63) is 10.1 Å². The molecular weight excluding hydrogens is 178 g/mol. The Bertz CT molecular complexity index is 217. The van der Waals surface area contributed by atoms with Gasteiger partial charge in [-0.25, -0.2) is 0 Å². The zero-order valence-corrected chi connectivity index (χ0v) is 7.32. The Hall–Kier alpha value is -0.720. The molecule has 0 unspecified atom stereocenters. The van der Waals surface area contributed by atoms with Crippen molar-refractivity contribution >= 4 is 0 Å². The minimum absolute atomic E-state index is 0.141. The smallest absolute Gasteiger partial charge is 0.321 e. The summed E-state index contributed by atoms with van der Waals surface area (Å²) in [5.41, 5.74) is -0.141. The van der Waals surface area contributed by atoms with Crippen molar-refractivity contribution in [3.8, 4) is 0 Å². The molecule has 0 aromatic heterocycles. The van der Waals surface area contributed by atoms with Crippen molar-refractivity contribution in [2.24, 2.45) is 5.41 Å².